The van der Waals surface area contributed by atoms with Crippen molar-refractivity contribution in [2.75, 3.05) is 13.1 Å². The second-order valence-electron chi connectivity index (χ2n) is 6.45. The molecule has 0 radical (unpaired) electrons. The molecule has 0 aliphatic carbocycles. The fourth-order valence-corrected chi connectivity index (χ4v) is 2.93. The van der Waals surface area contributed by atoms with Gasteiger partial charge in [0.05, 0.1) is 16.9 Å². The highest BCUT2D eigenvalue weighted by Gasteiger charge is 2.38. The molecule has 1 aliphatic heterocycles. The summed E-state index contributed by atoms with van der Waals surface area (Å²) in [6, 6.07) is 0. The van der Waals surface area contributed by atoms with Gasteiger partial charge in [0, 0.05) is 25.8 Å². The lowest BCUT2D eigenvalue weighted by molar-refractivity contribution is -0.182. The van der Waals surface area contributed by atoms with Gasteiger partial charge in [0.25, 0.3) is 0 Å². The number of rotatable bonds is 3. The zero-order valence-electron chi connectivity index (χ0n) is 12.4. The van der Waals surface area contributed by atoms with E-state index in [0.717, 1.165) is 13.1 Å². The van der Waals surface area contributed by atoms with Crippen LogP contribution in [-0.2, 0) is 11.3 Å². The standard InChI is InChI=1S/C14H21N3O3/c1-13(2)7-17(8-14(3,4)20-13)6-11-10(12(18)19)5-15-9-16-11/h5,9H,6-8H2,1-4H3,(H,18,19). The first-order chi connectivity index (χ1) is 9.19. The van der Waals surface area contributed by atoms with Crippen LogP contribution < -0.4 is 0 Å². The molecule has 0 atom stereocenters. The SMILES string of the molecule is CC1(C)CN(Cc2ncncc2C(=O)O)CC(C)(C)O1. The third-order valence-electron chi connectivity index (χ3n) is 3.16. The Balaban J connectivity index is 2.20. The highest BCUT2D eigenvalue weighted by molar-refractivity contribution is 5.88. The van der Waals surface area contributed by atoms with E-state index in [0.29, 0.717) is 12.2 Å². The lowest BCUT2D eigenvalue weighted by atomic mass is 9.98. The van der Waals surface area contributed by atoms with Gasteiger partial charge in [-0.2, -0.15) is 0 Å². The summed E-state index contributed by atoms with van der Waals surface area (Å²) in [5.74, 6) is -0.993. The summed E-state index contributed by atoms with van der Waals surface area (Å²) in [6.45, 7) is 10.1. The maximum atomic E-state index is 11.2. The molecule has 1 aromatic rings. The minimum atomic E-state index is -0.993. The normalized spacial score (nSPS) is 21.6. The molecule has 1 N–H and O–H groups in total. The van der Waals surface area contributed by atoms with Gasteiger partial charge in [-0.25, -0.2) is 14.8 Å². The van der Waals surface area contributed by atoms with Crippen molar-refractivity contribution in [3.05, 3.63) is 23.8 Å². The summed E-state index contributed by atoms with van der Waals surface area (Å²) in [4.78, 5) is 21.3. The monoisotopic (exact) mass is 279 g/mol. The topological polar surface area (TPSA) is 75.6 Å². The third kappa shape index (κ3) is 3.52. The molecule has 2 rings (SSSR count). The highest BCUT2D eigenvalue weighted by atomic mass is 16.5. The predicted molar refractivity (Wildman–Crippen MR) is 73.5 cm³/mol. The van der Waals surface area contributed by atoms with Crippen LogP contribution in [0.3, 0.4) is 0 Å². The second-order valence-corrected chi connectivity index (χ2v) is 6.45. The molecule has 1 aromatic heterocycles. The number of ether oxygens (including phenoxy) is 1. The van der Waals surface area contributed by atoms with E-state index in [9.17, 15) is 9.90 Å². The number of hydrogen-bond acceptors (Lipinski definition) is 5. The van der Waals surface area contributed by atoms with Crippen molar-refractivity contribution in [1.82, 2.24) is 14.9 Å². The molecule has 1 aliphatic rings. The van der Waals surface area contributed by atoms with E-state index in [1.54, 1.807) is 0 Å². The Morgan fingerprint density at radius 2 is 1.95 bits per heavy atom. The Kier molecular flexibility index (Phi) is 3.80. The Morgan fingerprint density at radius 1 is 1.35 bits per heavy atom. The molecular weight excluding hydrogens is 258 g/mol. The summed E-state index contributed by atoms with van der Waals surface area (Å²) in [5.41, 5.74) is 0.173. The molecular formula is C14H21N3O3. The molecule has 1 fully saturated rings. The van der Waals surface area contributed by atoms with Crippen molar-refractivity contribution in [2.24, 2.45) is 0 Å². The van der Waals surface area contributed by atoms with Crippen LogP contribution in [0.2, 0.25) is 0 Å². The largest absolute Gasteiger partial charge is 0.478 e. The molecule has 0 aromatic carbocycles. The van der Waals surface area contributed by atoms with Gasteiger partial charge in [-0.05, 0) is 27.7 Å². The number of carboxylic acid groups (broad SMARTS) is 1. The number of nitrogens with zero attached hydrogens (tertiary/aromatic N) is 3. The van der Waals surface area contributed by atoms with Gasteiger partial charge in [0.15, 0.2) is 0 Å². The number of morpholine rings is 1. The smallest absolute Gasteiger partial charge is 0.339 e. The summed E-state index contributed by atoms with van der Waals surface area (Å²) in [6.07, 6.45) is 2.74. The van der Waals surface area contributed by atoms with Crippen LogP contribution in [0.1, 0.15) is 43.7 Å². The molecule has 20 heavy (non-hydrogen) atoms. The fraction of sp³-hybridized carbons (Fsp3) is 0.643. The first-order valence-corrected chi connectivity index (χ1v) is 6.63. The summed E-state index contributed by atoms with van der Waals surface area (Å²) in [7, 11) is 0. The van der Waals surface area contributed by atoms with Gasteiger partial charge in [0.2, 0.25) is 0 Å². The van der Waals surface area contributed by atoms with Crippen molar-refractivity contribution < 1.29 is 14.6 Å². The number of hydrogen-bond donors (Lipinski definition) is 1. The van der Waals surface area contributed by atoms with Crippen molar-refractivity contribution in [1.29, 1.82) is 0 Å². The number of carboxylic acids is 1. The maximum Gasteiger partial charge on any atom is 0.339 e. The van der Waals surface area contributed by atoms with E-state index in [-0.39, 0.29) is 16.8 Å². The van der Waals surface area contributed by atoms with E-state index in [1.165, 1.54) is 12.5 Å². The van der Waals surface area contributed by atoms with Crippen LogP contribution in [0.15, 0.2) is 12.5 Å². The Bertz CT molecular complexity index is 498. The van der Waals surface area contributed by atoms with Gasteiger partial charge >= 0.3 is 5.97 Å². The first-order valence-electron chi connectivity index (χ1n) is 6.63. The molecule has 6 heteroatoms. The second kappa shape index (κ2) is 5.10. The summed E-state index contributed by atoms with van der Waals surface area (Å²) >= 11 is 0. The number of aromatic carboxylic acids is 1. The number of carbonyl (C=O) groups is 1. The van der Waals surface area contributed by atoms with Gasteiger partial charge in [0.1, 0.15) is 11.9 Å². The maximum absolute atomic E-state index is 11.2. The molecule has 0 saturated carbocycles. The Morgan fingerprint density at radius 3 is 2.50 bits per heavy atom. The molecule has 0 unspecified atom stereocenters. The number of aromatic nitrogens is 2. The van der Waals surface area contributed by atoms with Gasteiger partial charge in [-0.3, -0.25) is 4.90 Å². The van der Waals surface area contributed by atoms with Crippen LogP contribution >= 0.6 is 0 Å². The third-order valence-corrected chi connectivity index (χ3v) is 3.16. The quantitative estimate of drug-likeness (QED) is 0.905. The van der Waals surface area contributed by atoms with Gasteiger partial charge in [-0.15, -0.1) is 0 Å². The molecule has 6 nitrogen and oxygen atoms in total. The van der Waals surface area contributed by atoms with E-state index < -0.39 is 5.97 Å². The summed E-state index contributed by atoms with van der Waals surface area (Å²) < 4.78 is 6.02. The zero-order chi connectivity index (χ0) is 15.0. The van der Waals surface area contributed by atoms with Gasteiger partial charge in [-0.1, -0.05) is 0 Å². The van der Waals surface area contributed by atoms with Crippen molar-refractivity contribution in [3.8, 4) is 0 Å². The lowest BCUT2D eigenvalue weighted by Crippen LogP contribution is -2.56. The molecule has 0 amide bonds. The summed E-state index contributed by atoms with van der Waals surface area (Å²) in [5, 5.41) is 9.18. The highest BCUT2D eigenvalue weighted by Crippen LogP contribution is 2.29. The van der Waals surface area contributed by atoms with E-state index in [4.69, 9.17) is 4.74 Å². The molecule has 0 spiro atoms. The molecule has 1 saturated heterocycles. The Hall–Kier alpha value is -1.53. The van der Waals surface area contributed by atoms with E-state index in [1.807, 2.05) is 27.7 Å². The van der Waals surface area contributed by atoms with Crippen LogP contribution in [0, 0.1) is 0 Å². The van der Waals surface area contributed by atoms with Crippen molar-refractivity contribution >= 4 is 5.97 Å². The van der Waals surface area contributed by atoms with E-state index in [2.05, 4.69) is 14.9 Å². The fourth-order valence-electron chi connectivity index (χ4n) is 2.93. The van der Waals surface area contributed by atoms with Crippen LogP contribution in [-0.4, -0.2) is 50.2 Å². The predicted octanol–water partition coefficient (Wildman–Crippen LogP) is 1.56. The minimum Gasteiger partial charge on any atom is -0.478 e. The first kappa shape index (κ1) is 14.9. The zero-order valence-corrected chi connectivity index (χ0v) is 12.4. The van der Waals surface area contributed by atoms with Crippen molar-refractivity contribution in [2.45, 2.75) is 45.4 Å². The average Bonchev–Trinajstić information content (AvgIpc) is 2.24. The van der Waals surface area contributed by atoms with Crippen LogP contribution in [0.4, 0.5) is 0 Å². The molecule has 110 valence electrons. The van der Waals surface area contributed by atoms with Crippen LogP contribution in [0.25, 0.3) is 0 Å². The minimum absolute atomic E-state index is 0.162. The van der Waals surface area contributed by atoms with Crippen LogP contribution in [0.5, 0.6) is 0 Å². The van der Waals surface area contributed by atoms with E-state index >= 15 is 0 Å². The molecule has 0 bridgehead atoms. The lowest BCUT2D eigenvalue weighted by Gasteiger charge is -2.47. The van der Waals surface area contributed by atoms with Crippen molar-refractivity contribution in [3.63, 3.8) is 0 Å². The average molecular weight is 279 g/mol. The Labute approximate surface area is 118 Å². The molecule has 2 heterocycles. The van der Waals surface area contributed by atoms with Gasteiger partial charge < -0.3 is 9.84 Å².